The minimum Gasteiger partial charge on any atom is -0.346 e. The van der Waals surface area contributed by atoms with Crippen molar-refractivity contribution in [3.63, 3.8) is 0 Å². The van der Waals surface area contributed by atoms with Gasteiger partial charge in [0.1, 0.15) is 0 Å². The topological polar surface area (TPSA) is 43.8 Å². The van der Waals surface area contributed by atoms with Crippen LogP contribution < -0.4 is 5.73 Å². The van der Waals surface area contributed by atoms with Gasteiger partial charge in [0.25, 0.3) is 0 Å². The minimum absolute atomic E-state index is 0.0529. The lowest BCUT2D eigenvalue weighted by atomic mass is 10.1. The molecule has 2 heterocycles. The Hall–Kier alpha value is -2.13. The molecule has 3 aromatic rings. The summed E-state index contributed by atoms with van der Waals surface area (Å²) in [5.41, 5.74) is 9.43. The average molecular weight is 251 g/mol. The molecule has 0 amide bonds. The Morgan fingerprint density at radius 2 is 2.11 bits per heavy atom. The van der Waals surface area contributed by atoms with Gasteiger partial charge in [0.15, 0.2) is 0 Å². The van der Waals surface area contributed by atoms with Crippen molar-refractivity contribution in [2.75, 3.05) is 0 Å². The van der Waals surface area contributed by atoms with E-state index in [9.17, 15) is 0 Å². The summed E-state index contributed by atoms with van der Waals surface area (Å²) in [6.07, 6.45) is 3.90. The molecule has 96 valence electrons. The van der Waals surface area contributed by atoms with Crippen LogP contribution in [0.4, 0.5) is 0 Å². The molecule has 2 N–H and O–H groups in total. The second-order valence-electron chi connectivity index (χ2n) is 4.88. The second-order valence-corrected chi connectivity index (χ2v) is 4.88. The van der Waals surface area contributed by atoms with Gasteiger partial charge in [0.05, 0.1) is 5.52 Å². The normalized spacial score (nSPS) is 12.7. The lowest BCUT2D eigenvalue weighted by Crippen LogP contribution is -2.12. The molecule has 0 aliphatic carbocycles. The molecular formula is C16H17N3. The Balaban J connectivity index is 1.94. The molecule has 1 unspecified atom stereocenters. The molecule has 3 nitrogen and oxygen atoms in total. The third-order valence-corrected chi connectivity index (χ3v) is 3.35. The first-order chi connectivity index (χ1) is 9.24. The van der Waals surface area contributed by atoms with Crippen LogP contribution in [0.15, 0.2) is 54.9 Å². The van der Waals surface area contributed by atoms with Gasteiger partial charge in [0.2, 0.25) is 0 Å². The Kier molecular flexibility index (Phi) is 3.05. The highest BCUT2D eigenvalue weighted by molar-refractivity contribution is 5.78. The standard InChI is InChI=1S/C16H17N3/c1-12(17)16-5-3-9-19(16)11-13-6-7-15-14(10-13)4-2-8-18-15/h2-10,12H,11,17H2,1H3. The zero-order valence-corrected chi connectivity index (χ0v) is 11.0. The van der Waals surface area contributed by atoms with Gasteiger partial charge in [-0.15, -0.1) is 0 Å². The van der Waals surface area contributed by atoms with E-state index in [1.165, 1.54) is 10.9 Å². The first kappa shape index (κ1) is 11.9. The number of benzene rings is 1. The number of rotatable bonds is 3. The minimum atomic E-state index is 0.0529. The highest BCUT2D eigenvalue weighted by Crippen LogP contribution is 2.17. The molecule has 2 aromatic heterocycles. The number of nitrogens with zero attached hydrogens (tertiary/aromatic N) is 2. The maximum absolute atomic E-state index is 5.97. The van der Waals surface area contributed by atoms with Crippen LogP contribution in [0.1, 0.15) is 24.2 Å². The summed E-state index contributed by atoms with van der Waals surface area (Å²) in [5, 5.41) is 1.18. The fourth-order valence-electron chi connectivity index (χ4n) is 2.40. The molecule has 0 saturated heterocycles. The van der Waals surface area contributed by atoms with Crippen LogP contribution in [0.5, 0.6) is 0 Å². The van der Waals surface area contributed by atoms with Crippen LogP contribution >= 0.6 is 0 Å². The average Bonchev–Trinajstić information content (AvgIpc) is 2.87. The van der Waals surface area contributed by atoms with Crippen molar-refractivity contribution in [1.29, 1.82) is 0 Å². The first-order valence-electron chi connectivity index (χ1n) is 6.48. The van der Waals surface area contributed by atoms with Crippen LogP contribution in [0.25, 0.3) is 10.9 Å². The van der Waals surface area contributed by atoms with E-state index in [1.807, 2.05) is 25.3 Å². The molecule has 1 aromatic carbocycles. The smallest absolute Gasteiger partial charge is 0.0702 e. The van der Waals surface area contributed by atoms with Gasteiger partial charge >= 0.3 is 0 Å². The molecule has 3 heteroatoms. The van der Waals surface area contributed by atoms with E-state index in [0.29, 0.717) is 0 Å². The van der Waals surface area contributed by atoms with Crippen LogP contribution in [-0.4, -0.2) is 9.55 Å². The first-order valence-corrected chi connectivity index (χ1v) is 6.48. The summed E-state index contributed by atoms with van der Waals surface area (Å²) >= 11 is 0. The van der Waals surface area contributed by atoms with Crippen molar-refractivity contribution in [2.24, 2.45) is 5.73 Å². The number of fused-ring (bicyclic) bond motifs is 1. The summed E-state index contributed by atoms with van der Waals surface area (Å²) in [6, 6.07) is 14.6. The van der Waals surface area contributed by atoms with Crippen molar-refractivity contribution in [3.05, 3.63) is 66.1 Å². The number of pyridine rings is 1. The van der Waals surface area contributed by atoms with Gasteiger partial charge in [-0.25, -0.2) is 0 Å². The zero-order valence-electron chi connectivity index (χ0n) is 11.0. The van der Waals surface area contributed by atoms with E-state index in [0.717, 1.165) is 17.8 Å². The maximum atomic E-state index is 5.97. The summed E-state index contributed by atoms with van der Waals surface area (Å²) in [4.78, 5) is 4.34. The lowest BCUT2D eigenvalue weighted by molar-refractivity contribution is 0.676. The molecule has 3 rings (SSSR count). The van der Waals surface area contributed by atoms with Crippen molar-refractivity contribution < 1.29 is 0 Å². The molecular weight excluding hydrogens is 234 g/mol. The van der Waals surface area contributed by atoms with Crippen molar-refractivity contribution in [3.8, 4) is 0 Å². The Bertz CT molecular complexity index is 698. The number of hydrogen-bond acceptors (Lipinski definition) is 2. The molecule has 19 heavy (non-hydrogen) atoms. The molecule has 0 fully saturated rings. The van der Waals surface area contributed by atoms with Gasteiger partial charge < -0.3 is 10.3 Å². The lowest BCUT2D eigenvalue weighted by Gasteiger charge is -2.12. The van der Waals surface area contributed by atoms with E-state index < -0.39 is 0 Å². The van der Waals surface area contributed by atoms with Gasteiger partial charge in [-0.1, -0.05) is 12.1 Å². The summed E-state index contributed by atoms with van der Waals surface area (Å²) in [5.74, 6) is 0. The Morgan fingerprint density at radius 1 is 1.21 bits per heavy atom. The Morgan fingerprint density at radius 3 is 2.95 bits per heavy atom. The van der Waals surface area contributed by atoms with E-state index in [1.54, 1.807) is 0 Å². The maximum Gasteiger partial charge on any atom is 0.0702 e. The van der Waals surface area contributed by atoms with Gasteiger partial charge in [-0.05, 0) is 42.8 Å². The van der Waals surface area contributed by atoms with E-state index in [4.69, 9.17) is 5.73 Å². The van der Waals surface area contributed by atoms with Crippen molar-refractivity contribution in [2.45, 2.75) is 19.5 Å². The summed E-state index contributed by atoms with van der Waals surface area (Å²) in [7, 11) is 0. The summed E-state index contributed by atoms with van der Waals surface area (Å²) < 4.78 is 2.20. The molecule has 0 aliphatic heterocycles. The molecule has 0 bridgehead atoms. The van der Waals surface area contributed by atoms with Gasteiger partial charge in [-0.3, -0.25) is 4.98 Å². The molecule has 0 radical (unpaired) electrons. The predicted octanol–water partition coefficient (Wildman–Crippen LogP) is 3.10. The number of nitrogens with two attached hydrogens (primary N) is 1. The molecule has 0 aliphatic rings. The Labute approximate surface area is 112 Å². The number of hydrogen-bond donors (Lipinski definition) is 1. The second kappa shape index (κ2) is 4.86. The van der Waals surface area contributed by atoms with Crippen molar-refractivity contribution in [1.82, 2.24) is 9.55 Å². The predicted molar refractivity (Wildman–Crippen MR) is 77.9 cm³/mol. The van der Waals surface area contributed by atoms with Crippen molar-refractivity contribution >= 4 is 10.9 Å². The third kappa shape index (κ3) is 2.37. The zero-order chi connectivity index (χ0) is 13.2. The van der Waals surface area contributed by atoms with E-state index in [-0.39, 0.29) is 6.04 Å². The monoisotopic (exact) mass is 251 g/mol. The number of aromatic nitrogens is 2. The van der Waals surface area contributed by atoms with Gasteiger partial charge in [-0.2, -0.15) is 0 Å². The summed E-state index contributed by atoms with van der Waals surface area (Å²) in [6.45, 7) is 2.85. The highest BCUT2D eigenvalue weighted by Gasteiger charge is 2.06. The fraction of sp³-hybridized carbons (Fsp3) is 0.188. The largest absolute Gasteiger partial charge is 0.346 e. The van der Waals surface area contributed by atoms with Crippen LogP contribution in [0.2, 0.25) is 0 Å². The van der Waals surface area contributed by atoms with Crippen LogP contribution in [0, 0.1) is 0 Å². The quantitative estimate of drug-likeness (QED) is 0.777. The van der Waals surface area contributed by atoms with E-state index in [2.05, 4.69) is 46.1 Å². The van der Waals surface area contributed by atoms with Gasteiger partial charge in [0, 0.05) is 36.1 Å². The van der Waals surface area contributed by atoms with Crippen LogP contribution in [-0.2, 0) is 6.54 Å². The highest BCUT2D eigenvalue weighted by atomic mass is 15.0. The third-order valence-electron chi connectivity index (χ3n) is 3.35. The SMILES string of the molecule is CC(N)c1cccn1Cc1ccc2ncccc2c1. The molecule has 0 saturated carbocycles. The molecule has 1 atom stereocenters. The fourth-order valence-corrected chi connectivity index (χ4v) is 2.40. The molecule has 0 spiro atoms. The van der Waals surface area contributed by atoms with Crippen LogP contribution in [0.3, 0.4) is 0 Å². The van der Waals surface area contributed by atoms with E-state index >= 15 is 0 Å².